The number of aliphatic hydroxyl groups is 1. The molecule has 0 radical (unpaired) electrons. The molecule has 2 N–H and O–H groups in total. The highest BCUT2D eigenvalue weighted by atomic mass is 16.5. The number of methoxy groups -OCH3 is 1. The standard InChI is InChI=1S/C19H23NO4.CH4O/c1-12-4-5-13(2)15(10-12)16-17(24-11-21)19(20-18(16)22)8-6-14(23-3)7-9-19;1-2/h4-5,10-11,14H,6-9H2,1-3H3,(H,20,22);2H,1H3. The van der Waals surface area contributed by atoms with Crippen LogP contribution in [0.1, 0.15) is 42.4 Å². The molecule has 0 atom stereocenters. The Hall–Kier alpha value is -2.18. The molecule has 26 heavy (non-hydrogen) atoms. The predicted octanol–water partition coefficient (Wildman–Crippen LogP) is 2.25. The number of nitrogens with one attached hydrogen (secondary N) is 1. The van der Waals surface area contributed by atoms with Crippen molar-refractivity contribution in [1.82, 2.24) is 5.32 Å². The van der Waals surface area contributed by atoms with Crippen LogP contribution in [0.5, 0.6) is 0 Å². The van der Waals surface area contributed by atoms with Gasteiger partial charge in [-0.1, -0.05) is 23.8 Å². The number of carbonyl (C=O) groups is 2. The maximum Gasteiger partial charge on any atom is 0.298 e. The van der Waals surface area contributed by atoms with Crippen LogP contribution in [0.15, 0.2) is 24.0 Å². The van der Waals surface area contributed by atoms with Gasteiger partial charge in [0.15, 0.2) is 0 Å². The molecule has 0 bridgehead atoms. The first-order valence-electron chi connectivity index (χ1n) is 8.73. The van der Waals surface area contributed by atoms with E-state index in [9.17, 15) is 9.59 Å². The van der Waals surface area contributed by atoms with Gasteiger partial charge in [-0.05, 0) is 50.7 Å². The molecular weight excluding hydrogens is 334 g/mol. The predicted molar refractivity (Wildman–Crippen MR) is 98.3 cm³/mol. The maximum atomic E-state index is 12.8. The van der Waals surface area contributed by atoms with Gasteiger partial charge in [-0.15, -0.1) is 0 Å². The zero-order valence-corrected chi connectivity index (χ0v) is 15.8. The molecule has 1 amide bonds. The molecule has 1 aliphatic carbocycles. The van der Waals surface area contributed by atoms with Gasteiger partial charge in [-0.3, -0.25) is 9.59 Å². The summed E-state index contributed by atoms with van der Waals surface area (Å²) in [5.41, 5.74) is 2.76. The highest BCUT2D eigenvalue weighted by Crippen LogP contribution is 2.43. The zero-order chi connectivity index (χ0) is 19.3. The van der Waals surface area contributed by atoms with Gasteiger partial charge in [0.25, 0.3) is 12.4 Å². The molecule has 1 saturated carbocycles. The number of ether oxygens (including phenoxy) is 2. The Morgan fingerprint density at radius 3 is 2.46 bits per heavy atom. The van der Waals surface area contributed by atoms with Crippen LogP contribution in [0.3, 0.4) is 0 Å². The quantitative estimate of drug-likeness (QED) is 0.804. The molecule has 6 nitrogen and oxygen atoms in total. The summed E-state index contributed by atoms with van der Waals surface area (Å²) in [4.78, 5) is 23.9. The van der Waals surface area contributed by atoms with Crippen LogP contribution in [0.25, 0.3) is 5.57 Å². The smallest absolute Gasteiger partial charge is 0.298 e. The molecule has 142 valence electrons. The fraction of sp³-hybridized carbons (Fsp3) is 0.500. The van der Waals surface area contributed by atoms with Gasteiger partial charge in [-0.25, -0.2) is 0 Å². The molecule has 2 aliphatic rings. The van der Waals surface area contributed by atoms with Crippen molar-refractivity contribution in [2.45, 2.75) is 51.2 Å². The van der Waals surface area contributed by atoms with Crippen molar-refractivity contribution >= 4 is 18.0 Å². The van der Waals surface area contributed by atoms with Gasteiger partial charge < -0.3 is 19.9 Å². The van der Waals surface area contributed by atoms with Crippen molar-refractivity contribution < 1.29 is 24.2 Å². The minimum absolute atomic E-state index is 0.170. The van der Waals surface area contributed by atoms with Gasteiger partial charge in [0.2, 0.25) is 0 Å². The van der Waals surface area contributed by atoms with Crippen molar-refractivity contribution in [3.63, 3.8) is 0 Å². The second-order valence-corrected chi connectivity index (χ2v) is 6.71. The van der Waals surface area contributed by atoms with E-state index in [1.165, 1.54) is 0 Å². The highest BCUT2D eigenvalue weighted by molar-refractivity contribution is 6.23. The van der Waals surface area contributed by atoms with Crippen molar-refractivity contribution in [3.8, 4) is 0 Å². The minimum atomic E-state index is -0.599. The van der Waals surface area contributed by atoms with Crippen LogP contribution in [0, 0.1) is 13.8 Å². The number of carbonyl (C=O) groups excluding carboxylic acids is 2. The summed E-state index contributed by atoms with van der Waals surface area (Å²) in [5.74, 6) is 0.294. The Morgan fingerprint density at radius 2 is 1.88 bits per heavy atom. The Morgan fingerprint density at radius 1 is 1.23 bits per heavy atom. The van der Waals surface area contributed by atoms with E-state index < -0.39 is 5.54 Å². The highest BCUT2D eigenvalue weighted by Gasteiger charge is 2.49. The summed E-state index contributed by atoms with van der Waals surface area (Å²) in [6.45, 7) is 4.36. The van der Waals surface area contributed by atoms with E-state index >= 15 is 0 Å². The summed E-state index contributed by atoms with van der Waals surface area (Å²) in [6.07, 6.45) is 3.24. The second kappa shape index (κ2) is 8.47. The molecule has 0 aromatic heterocycles. The molecule has 1 aromatic rings. The summed E-state index contributed by atoms with van der Waals surface area (Å²) in [5, 5.41) is 10.1. The molecule has 3 rings (SSSR count). The lowest BCUT2D eigenvalue weighted by Gasteiger charge is -2.37. The van der Waals surface area contributed by atoms with Crippen LogP contribution in [0.2, 0.25) is 0 Å². The Labute approximate surface area is 154 Å². The number of aryl methyl sites for hydroxylation is 2. The monoisotopic (exact) mass is 361 g/mol. The molecule has 6 heteroatoms. The number of benzene rings is 1. The number of aliphatic hydroxyl groups excluding tert-OH is 1. The first-order valence-corrected chi connectivity index (χ1v) is 8.73. The average Bonchev–Trinajstić information content (AvgIpc) is 2.91. The lowest BCUT2D eigenvalue weighted by Crippen LogP contribution is -2.48. The van der Waals surface area contributed by atoms with E-state index in [0.29, 0.717) is 30.6 Å². The fourth-order valence-electron chi connectivity index (χ4n) is 3.82. The van der Waals surface area contributed by atoms with Gasteiger partial charge in [0.05, 0.1) is 17.2 Å². The van der Waals surface area contributed by atoms with Crippen LogP contribution >= 0.6 is 0 Å². The van der Waals surface area contributed by atoms with Crippen LogP contribution in [-0.2, 0) is 19.1 Å². The number of hydrogen-bond acceptors (Lipinski definition) is 5. The van der Waals surface area contributed by atoms with Crippen LogP contribution in [-0.4, -0.2) is 43.3 Å². The van der Waals surface area contributed by atoms with Crippen LogP contribution in [0.4, 0.5) is 0 Å². The SMILES string of the molecule is CO.COC1CCC2(CC1)NC(=O)C(c1cc(C)ccc1C)=C2OC=O. The molecule has 1 spiro atoms. The lowest BCUT2D eigenvalue weighted by molar-refractivity contribution is -0.126. The maximum absolute atomic E-state index is 12.8. The zero-order valence-electron chi connectivity index (χ0n) is 15.8. The van der Waals surface area contributed by atoms with E-state index in [0.717, 1.165) is 36.6 Å². The van der Waals surface area contributed by atoms with Gasteiger partial charge in [-0.2, -0.15) is 0 Å². The van der Waals surface area contributed by atoms with Crippen molar-refractivity contribution in [2.75, 3.05) is 14.2 Å². The Bertz CT molecular complexity index is 702. The third-order valence-electron chi connectivity index (χ3n) is 5.19. The molecule has 0 saturated heterocycles. The number of amides is 1. The third kappa shape index (κ3) is 3.66. The second-order valence-electron chi connectivity index (χ2n) is 6.71. The first kappa shape index (κ1) is 20.1. The fourth-order valence-corrected chi connectivity index (χ4v) is 3.82. The van der Waals surface area contributed by atoms with E-state index in [1.54, 1.807) is 7.11 Å². The topological polar surface area (TPSA) is 84.9 Å². The van der Waals surface area contributed by atoms with Crippen LogP contribution < -0.4 is 5.32 Å². The molecule has 1 heterocycles. The normalized spacial score (nSPS) is 24.8. The minimum Gasteiger partial charge on any atom is -0.430 e. The third-order valence-corrected chi connectivity index (χ3v) is 5.19. The van der Waals surface area contributed by atoms with Gasteiger partial charge >= 0.3 is 0 Å². The van der Waals surface area contributed by atoms with Crippen molar-refractivity contribution in [3.05, 3.63) is 40.6 Å². The molecule has 1 fully saturated rings. The Kier molecular flexibility index (Phi) is 6.56. The van der Waals surface area contributed by atoms with E-state index in [2.05, 4.69) is 5.32 Å². The average molecular weight is 361 g/mol. The van der Waals surface area contributed by atoms with E-state index in [4.69, 9.17) is 14.6 Å². The summed E-state index contributed by atoms with van der Waals surface area (Å²) >= 11 is 0. The first-order chi connectivity index (χ1) is 12.5. The van der Waals surface area contributed by atoms with Crippen molar-refractivity contribution in [2.24, 2.45) is 0 Å². The van der Waals surface area contributed by atoms with Gasteiger partial charge in [0.1, 0.15) is 5.76 Å². The van der Waals surface area contributed by atoms with Crippen molar-refractivity contribution in [1.29, 1.82) is 0 Å². The summed E-state index contributed by atoms with van der Waals surface area (Å²) < 4.78 is 10.8. The molecule has 0 unspecified atom stereocenters. The molecule has 1 aromatic carbocycles. The molecular formula is C20H27NO5. The van der Waals surface area contributed by atoms with Gasteiger partial charge in [0, 0.05) is 14.2 Å². The Balaban J connectivity index is 0.00000117. The number of hydrogen-bond donors (Lipinski definition) is 2. The summed E-state index contributed by atoms with van der Waals surface area (Å²) in [6, 6.07) is 5.96. The lowest BCUT2D eigenvalue weighted by atomic mass is 9.79. The number of rotatable bonds is 4. The van der Waals surface area contributed by atoms with E-state index in [1.807, 2.05) is 32.0 Å². The largest absolute Gasteiger partial charge is 0.430 e. The van der Waals surface area contributed by atoms with E-state index in [-0.39, 0.29) is 12.0 Å². The molecule has 1 aliphatic heterocycles. The summed E-state index contributed by atoms with van der Waals surface area (Å²) in [7, 11) is 2.70.